The second-order valence-corrected chi connectivity index (χ2v) is 7.04. The van der Waals surface area contributed by atoms with Crippen LogP contribution in [0.25, 0.3) is 0 Å². The fourth-order valence-corrected chi connectivity index (χ4v) is 4.65. The van der Waals surface area contributed by atoms with E-state index >= 15 is 0 Å². The molecule has 0 saturated heterocycles. The number of aliphatic hydroxyl groups excluding tert-OH is 1. The molecule has 3 rings (SSSR count). The van der Waals surface area contributed by atoms with E-state index in [1.807, 2.05) is 0 Å². The lowest BCUT2D eigenvalue weighted by Gasteiger charge is -2.54. The maximum Gasteiger partial charge on any atom is 0.335 e. The van der Waals surface area contributed by atoms with E-state index in [0.717, 1.165) is 30.4 Å². The average Bonchev–Trinajstić information content (AvgIpc) is 2.66. The zero-order valence-electron chi connectivity index (χ0n) is 11.5. The van der Waals surface area contributed by atoms with E-state index in [0.29, 0.717) is 12.5 Å². The summed E-state index contributed by atoms with van der Waals surface area (Å²) in [7, 11) is 0. The van der Waals surface area contributed by atoms with Gasteiger partial charge in [0.2, 0.25) is 0 Å². The van der Waals surface area contributed by atoms with Crippen LogP contribution in [0.15, 0.2) is 11.1 Å². The van der Waals surface area contributed by atoms with Gasteiger partial charge in [-0.15, -0.1) is 0 Å². The van der Waals surface area contributed by atoms with Crippen molar-refractivity contribution >= 4 is 5.97 Å². The van der Waals surface area contributed by atoms with Crippen molar-refractivity contribution in [3.8, 4) is 0 Å². The summed E-state index contributed by atoms with van der Waals surface area (Å²) in [6.45, 7) is 7.05. The highest BCUT2D eigenvalue weighted by atomic mass is 16.5. The van der Waals surface area contributed by atoms with Crippen LogP contribution in [0.3, 0.4) is 0 Å². The summed E-state index contributed by atoms with van der Waals surface area (Å²) < 4.78 is 5.18. The smallest absolute Gasteiger partial charge is 0.335 e. The molecule has 1 fully saturated rings. The van der Waals surface area contributed by atoms with Gasteiger partial charge in [-0.2, -0.15) is 0 Å². The molecule has 0 aromatic heterocycles. The average molecular weight is 250 g/mol. The number of fused-ring (bicyclic) bond motifs is 2. The minimum atomic E-state index is -0.484. The highest BCUT2D eigenvalue weighted by molar-refractivity contribution is 5.94. The van der Waals surface area contributed by atoms with Gasteiger partial charge in [0.25, 0.3) is 0 Å². The molecule has 3 heteroatoms. The molecule has 1 N–H and O–H groups in total. The SMILES string of the molecule is CC1(C)CCC[C@]2(C)C3=C(COC3=O)[C@H](O)C[C@@H]12. The highest BCUT2D eigenvalue weighted by Crippen LogP contribution is 2.60. The van der Waals surface area contributed by atoms with Crippen LogP contribution in [-0.4, -0.2) is 23.8 Å². The molecule has 0 amide bonds. The summed E-state index contributed by atoms with van der Waals surface area (Å²) >= 11 is 0. The van der Waals surface area contributed by atoms with Crippen molar-refractivity contribution < 1.29 is 14.6 Å². The molecule has 3 nitrogen and oxygen atoms in total. The number of aliphatic hydroxyl groups is 1. The van der Waals surface area contributed by atoms with Crippen molar-refractivity contribution in [1.29, 1.82) is 0 Å². The Morgan fingerprint density at radius 1 is 1.28 bits per heavy atom. The molecular formula is C15H22O3. The molecule has 100 valence electrons. The lowest BCUT2D eigenvalue weighted by atomic mass is 9.50. The number of ether oxygens (including phenoxy) is 1. The van der Waals surface area contributed by atoms with Crippen LogP contribution < -0.4 is 0 Å². The zero-order chi connectivity index (χ0) is 13.1. The summed E-state index contributed by atoms with van der Waals surface area (Å²) in [6, 6.07) is 0. The molecule has 3 atom stereocenters. The number of esters is 1. The van der Waals surface area contributed by atoms with E-state index in [1.54, 1.807) is 0 Å². The van der Waals surface area contributed by atoms with E-state index in [9.17, 15) is 9.90 Å². The summed E-state index contributed by atoms with van der Waals surface area (Å²) in [5, 5.41) is 10.3. The van der Waals surface area contributed by atoms with Crippen molar-refractivity contribution in [2.24, 2.45) is 16.7 Å². The minimum Gasteiger partial charge on any atom is -0.458 e. The van der Waals surface area contributed by atoms with Crippen LogP contribution >= 0.6 is 0 Å². The maximum atomic E-state index is 12.0. The molecule has 0 radical (unpaired) electrons. The van der Waals surface area contributed by atoms with Crippen molar-refractivity contribution in [2.45, 2.75) is 52.6 Å². The number of cyclic esters (lactones) is 1. The predicted molar refractivity (Wildman–Crippen MR) is 67.8 cm³/mol. The Bertz CT molecular complexity index is 435. The minimum absolute atomic E-state index is 0.0934. The number of carbonyl (C=O) groups is 1. The number of rotatable bonds is 0. The van der Waals surface area contributed by atoms with Crippen molar-refractivity contribution in [1.82, 2.24) is 0 Å². The Kier molecular flexibility index (Phi) is 2.44. The molecule has 2 aliphatic carbocycles. The molecule has 1 saturated carbocycles. The van der Waals surface area contributed by atoms with Crippen LogP contribution in [0.5, 0.6) is 0 Å². The van der Waals surface area contributed by atoms with Gasteiger partial charge in [-0.3, -0.25) is 0 Å². The fourth-order valence-electron chi connectivity index (χ4n) is 4.65. The maximum absolute atomic E-state index is 12.0. The first-order chi connectivity index (χ1) is 8.36. The molecule has 1 heterocycles. The fraction of sp³-hybridized carbons (Fsp3) is 0.800. The number of hydrogen-bond donors (Lipinski definition) is 1. The quantitative estimate of drug-likeness (QED) is 0.672. The van der Waals surface area contributed by atoms with Crippen LogP contribution in [0.1, 0.15) is 46.5 Å². The van der Waals surface area contributed by atoms with E-state index in [1.165, 1.54) is 6.42 Å². The van der Waals surface area contributed by atoms with E-state index in [-0.39, 0.29) is 16.8 Å². The normalized spacial score (nSPS) is 42.3. The second kappa shape index (κ2) is 3.60. The Hall–Kier alpha value is -0.830. The monoisotopic (exact) mass is 250 g/mol. The third-order valence-corrected chi connectivity index (χ3v) is 5.55. The summed E-state index contributed by atoms with van der Waals surface area (Å²) in [6.07, 6.45) is 3.67. The van der Waals surface area contributed by atoms with Gasteiger partial charge >= 0.3 is 5.97 Å². The van der Waals surface area contributed by atoms with Gasteiger partial charge in [0, 0.05) is 16.6 Å². The highest BCUT2D eigenvalue weighted by Gasteiger charge is 2.56. The van der Waals surface area contributed by atoms with Gasteiger partial charge in [0.05, 0.1) is 6.10 Å². The van der Waals surface area contributed by atoms with Crippen molar-refractivity contribution in [2.75, 3.05) is 6.61 Å². The first-order valence-corrected chi connectivity index (χ1v) is 6.95. The summed E-state index contributed by atoms with van der Waals surface area (Å²) in [5.41, 5.74) is 1.76. The molecule has 0 bridgehead atoms. The van der Waals surface area contributed by atoms with Crippen LogP contribution in [0.2, 0.25) is 0 Å². The van der Waals surface area contributed by atoms with Crippen molar-refractivity contribution in [3.05, 3.63) is 11.1 Å². The van der Waals surface area contributed by atoms with Gasteiger partial charge in [0.15, 0.2) is 0 Å². The van der Waals surface area contributed by atoms with E-state index < -0.39 is 6.10 Å². The Morgan fingerprint density at radius 2 is 2.00 bits per heavy atom. The van der Waals surface area contributed by atoms with Gasteiger partial charge in [0.1, 0.15) is 6.61 Å². The molecule has 1 aliphatic heterocycles. The largest absolute Gasteiger partial charge is 0.458 e. The van der Waals surface area contributed by atoms with Crippen molar-refractivity contribution in [3.63, 3.8) is 0 Å². The van der Waals surface area contributed by atoms with Crippen LogP contribution in [0.4, 0.5) is 0 Å². The summed E-state index contributed by atoms with van der Waals surface area (Å²) in [4.78, 5) is 12.0. The lowest BCUT2D eigenvalue weighted by Crippen LogP contribution is -2.49. The summed E-state index contributed by atoms with van der Waals surface area (Å²) in [5.74, 6) is 0.187. The third kappa shape index (κ3) is 1.43. The third-order valence-electron chi connectivity index (χ3n) is 5.55. The molecular weight excluding hydrogens is 228 g/mol. The van der Waals surface area contributed by atoms with Crippen LogP contribution in [-0.2, 0) is 9.53 Å². The first kappa shape index (κ1) is 12.2. The number of carbonyl (C=O) groups excluding carboxylic acids is 1. The number of hydrogen-bond acceptors (Lipinski definition) is 3. The topological polar surface area (TPSA) is 46.5 Å². The first-order valence-electron chi connectivity index (χ1n) is 6.95. The lowest BCUT2D eigenvalue weighted by molar-refractivity contribution is -0.138. The second-order valence-electron chi connectivity index (χ2n) is 7.04. The van der Waals surface area contributed by atoms with Gasteiger partial charge in [-0.1, -0.05) is 27.2 Å². The molecule has 0 spiro atoms. The molecule has 3 aliphatic rings. The Morgan fingerprint density at radius 3 is 2.72 bits per heavy atom. The Labute approximate surface area is 108 Å². The molecule has 18 heavy (non-hydrogen) atoms. The van der Waals surface area contributed by atoms with Crippen LogP contribution in [0, 0.1) is 16.7 Å². The van der Waals surface area contributed by atoms with E-state index in [4.69, 9.17) is 4.74 Å². The van der Waals surface area contributed by atoms with E-state index in [2.05, 4.69) is 20.8 Å². The molecule has 0 aromatic carbocycles. The standard InChI is InChI=1S/C15H22O3/c1-14(2)5-4-6-15(3)11(14)7-10(16)9-8-18-13(17)12(9)15/h10-11,16H,4-8H2,1-3H3/t10-,11+,15+/m1/s1. The van der Waals surface area contributed by atoms with Gasteiger partial charge in [-0.25, -0.2) is 4.79 Å². The van der Waals surface area contributed by atoms with Gasteiger partial charge < -0.3 is 9.84 Å². The zero-order valence-corrected chi connectivity index (χ0v) is 11.5. The Balaban J connectivity index is 2.12. The predicted octanol–water partition coefficient (Wildman–Crippen LogP) is 2.44. The molecule has 0 aromatic rings. The molecule has 0 unspecified atom stereocenters. The van der Waals surface area contributed by atoms with Gasteiger partial charge in [-0.05, 0) is 30.6 Å².